The average Bonchev–Trinajstić information content (AvgIpc) is 3.50. The van der Waals surface area contributed by atoms with Crippen LogP contribution in [0.15, 0.2) is 111 Å². The predicted octanol–water partition coefficient (Wildman–Crippen LogP) is 7.10. The van der Waals surface area contributed by atoms with Gasteiger partial charge in [0.15, 0.2) is 5.78 Å². The van der Waals surface area contributed by atoms with Gasteiger partial charge < -0.3 is 14.2 Å². The van der Waals surface area contributed by atoms with Crippen LogP contribution in [0.3, 0.4) is 0 Å². The van der Waals surface area contributed by atoms with Crippen molar-refractivity contribution < 1.29 is 13.8 Å². The van der Waals surface area contributed by atoms with E-state index < -0.39 is 0 Å². The van der Waals surface area contributed by atoms with Crippen molar-refractivity contribution in [2.45, 2.75) is 33.1 Å². The smallest absolute Gasteiger partial charge is 0.374 e. The molecule has 196 valence electrons. The van der Waals surface area contributed by atoms with Gasteiger partial charge in [0, 0.05) is 41.0 Å². The fraction of sp³-hybridized carbons (Fsp3) is 0.212. The second kappa shape index (κ2) is 10.6. The summed E-state index contributed by atoms with van der Waals surface area (Å²) in [7, 11) is 0. The van der Waals surface area contributed by atoms with E-state index in [2.05, 4.69) is 95.8 Å². The number of para-hydroxylation sites is 4. The Bertz CT molecular complexity index is 1610. The highest BCUT2D eigenvalue weighted by Gasteiger charge is 2.37. The van der Waals surface area contributed by atoms with Gasteiger partial charge in [0.1, 0.15) is 12.4 Å². The minimum Gasteiger partial charge on any atom is -0.398 e. The molecule has 0 fully saturated rings. The highest BCUT2D eigenvalue weighted by Crippen LogP contribution is 2.46. The summed E-state index contributed by atoms with van der Waals surface area (Å²) in [5, 5.41) is 0. The molecule has 0 bridgehead atoms. The molecule has 4 aromatic rings. The number of fused-ring (bicyclic) bond motifs is 2. The highest BCUT2D eigenvalue weighted by atomic mass is 32.2. The second-order valence-electron chi connectivity index (χ2n) is 9.54. The number of aromatic nitrogens is 1. The van der Waals surface area contributed by atoms with Crippen molar-refractivity contribution in [3.8, 4) is 0 Å². The molecular formula is C33H32N3O2S+. The molecule has 1 aliphatic carbocycles. The molecular weight excluding hydrogens is 502 g/mol. The van der Waals surface area contributed by atoms with Crippen LogP contribution < -0.4 is 14.4 Å². The molecule has 2 aliphatic rings. The molecule has 0 radical (unpaired) electrons. The Morgan fingerprint density at radius 2 is 1.46 bits per heavy atom. The van der Waals surface area contributed by atoms with Gasteiger partial charge in [-0.1, -0.05) is 54.6 Å². The first-order valence-electron chi connectivity index (χ1n) is 13.6. The lowest BCUT2D eigenvalue weighted by Crippen LogP contribution is -2.34. The zero-order chi connectivity index (χ0) is 26.9. The fourth-order valence-electron chi connectivity index (χ4n) is 5.45. The summed E-state index contributed by atoms with van der Waals surface area (Å²) in [6.07, 6.45) is 4.02. The molecule has 0 saturated carbocycles. The van der Waals surface area contributed by atoms with Crippen LogP contribution in [0.5, 0.6) is 0 Å². The van der Waals surface area contributed by atoms with Gasteiger partial charge in [-0.2, -0.15) is 4.57 Å². The van der Waals surface area contributed by atoms with Gasteiger partial charge in [0.2, 0.25) is 5.58 Å². The van der Waals surface area contributed by atoms with Crippen LogP contribution in [0.25, 0.3) is 17.2 Å². The quantitative estimate of drug-likeness (QED) is 0.178. The van der Waals surface area contributed by atoms with E-state index in [1.807, 2.05) is 30.3 Å². The van der Waals surface area contributed by atoms with Gasteiger partial charge in [0.25, 0.3) is 5.52 Å². The molecule has 2 heterocycles. The Labute approximate surface area is 233 Å². The van der Waals surface area contributed by atoms with E-state index in [0.717, 1.165) is 52.8 Å². The van der Waals surface area contributed by atoms with E-state index in [0.29, 0.717) is 11.5 Å². The third-order valence-corrected chi connectivity index (χ3v) is 8.55. The number of anilines is 2. The highest BCUT2D eigenvalue weighted by molar-refractivity contribution is 8.02. The average molecular weight is 535 g/mol. The van der Waals surface area contributed by atoms with E-state index in [1.165, 1.54) is 16.9 Å². The van der Waals surface area contributed by atoms with Crippen LogP contribution in [0.2, 0.25) is 0 Å². The van der Waals surface area contributed by atoms with E-state index in [1.54, 1.807) is 11.8 Å². The summed E-state index contributed by atoms with van der Waals surface area (Å²) in [5.41, 5.74) is 6.92. The van der Waals surface area contributed by atoms with Crippen LogP contribution in [-0.4, -0.2) is 18.9 Å². The molecule has 39 heavy (non-hydrogen) atoms. The van der Waals surface area contributed by atoms with Crippen LogP contribution >= 0.6 is 11.8 Å². The third kappa shape index (κ3) is 4.39. The Morgan fingerprint density at radius 3 is 2.13 bits per heavy atom. The predicted molar refractivity (Wildman–Crippen MR) is 160 cm³/mol. The second-order valence-corrected chi connectivity index (χ2v) is 10.5. The summed E-state index contributed by atoms with van der Waals surface area (Å²) in [4.78, 5) is 19.4. The van der Waals surface area contributed by atoms with Crippen LogP contribution in [-0.2, 0) is 17.1 Å². The number of thioether (sulfide) groups is 1. The molecule has 5 nitrogen and oxygen atoms in total. The minimum atomic E-state index is 0.0595. The number of nitrogens with zero attached hydrogens (tertiary/aromatic N) is 3. The lowest BCUT2D eigenvalue weighted by Gasteiger charge is -2.28. The van der Waals surface area contributed by atoms with Gasteiger partial charge >= 0.3 is 5.89 Å². The van der Waals surface area contributed by atoms with Crippen LogP contribution in [0, 0.1) is 0 Å². The number of aryl methyl sites for hydroxylation is 1. The van der Waals surface area contributed by atoms with Crippen molar-refractivity contribution in [3.63, 3.8) is 0 Å². The number of carbonyl (C=O) groups is 1. The Morgan fingerprint density at radius 1 is 0.821 bits per heavy atom. The molecule has 0 atom stereocenters. The topological polar surface area (TPSA) is 40.6 Å². The summed E-state index contributed by atoms with van der Waals surface area (Å²) in [5.74, 6) is 2.60. The van der Waals surface area contributed by atoms with E-state index in [-0.39, 0.29) is 5.78 Å². The number of rotatable bonds is 8. The first-order chi connectivity index (χ1) is 19.1. The van der Waals surface area contributed by atoms with Gasteiger partial charge in [-0.3, -0.25) is 4.79 Å². The summed E-state index contributed by atoms with van der Waals surface area (Å²) in [6.45, 7) is 8.81. The minimum absolute atomic E-state index is 0.0595. The number of hydrogen-bond donors (Lipinski definition) is 0. The first kappa shape index (κ1) is 25.3. The summed E-state index contributed by atoms with van der Waals surface area (Å²) in [6, 6.07) is 26.9. The number of benzene rings is 3. The zero-order valence-electron chi connectivity index (χ0n) is 22.6. The van der Waals surface area contributed by atoms with Crippen molar-refractivity contribution in [2.75, 3.05) is 22.9 Å². The zero-order valence-corrected chi connectivity index (χ0v) is 23.4. The molecule has 0 N–H and O–H groups in total. The lowest BCUT2D eigenvalue weighted by atomic mass is 9.89. The van der Waals surface area contributed by atoms with Crippen LogP contribution in [0.1, 0.15) is 32.2 Å². The van der Waals surface area contributed by atoms with Crippen molar-refractivity contribution in [3.05, 3.63) is 118 Å². The van der Waals surface area contributed by atoms with Gasteiger partial charge in [-0.15, -0.1) is 11.8 Å². The van der Waals surface area contributed by atoms with Crippen molar-refractivity contribution >= 4 is 46.1 Å². The molecule has 0 amide bonds. The van der Waals surface area contributed by atoms with Crippen molar-refractivity contribution in [1.29, 1.82) is 0 Å². The number of allylic oxidation sites excluding steroid dienone is 3. The van der Waals surface area contributed by atoms with Gasteiger partial charge in [0.05, 0.1) is 17.5 Å². The molecule has 1 aromatic heterocycles. The molecule has 6 heteroatoms. The van der Waals surface area contributed by atoms with Crippen molar-refractivity contribution in [2.24, 2.45) is 0 Å². The SMILES string of the molecule is CCN1C(=CC2=C(SCc3ccccc3)/C(=C\c3oc4ccccc4[n+]3CC)C2=O)N(CC)c2ccccc21. The maximum Gasteiger partial charge on any atom is 0.374 e. The Balaban J connectivity index is 1.45. The number of hydrogen-bond acceptors (Lipinski definition) is 5. The number of ketones is 1. The maximum atomic E-state index is 13.8. The van der Waals surface area contributed by atoms with Gasteiger partial charge in [-0.25, -0.2) is 0 Å². The van der Waals surface area contributed by atoms with E-state index in [9.17, 15) is 4.79 Å². The number of oxazole rings is 1. The summed E-state index contributed by atoms with van der Waals surface area (Å²) < 4.78 is 8.33. The lowest BCUT2D eigenvalue weighted by molar-refractivity contribution is -0.674. The maximum absolute atomic E-state index is 13.8. The Kier molecular flexibility index (Phi) is 6.88. The molecule has 6 rings (SSSR count). The fourth-order valence-corrected chi connectivity index (χ4v) is 6.57. The molecule has 1 aliphatic heterocycles. The summed E-state index contributed by atoms with van der Waals surface area (Å²) >= 11 is 1.72. The molecule has 0 spiro atoms. The third-order valence-electron chi connectivity index (χ3n) is 7.35. The largest absolute Gasteiger partial charge is 0.398 e. The monoisotopic (exact) mass is 534 g/mol. The standard InChI is InChI=1S/C33H32N3O2S/c1-4-34-26-16-10-11-17-27(26)35(5-2)30(34)20-24-32(37)25(33(24)39-22-23-14-8-7-9-15-23)21-31-36(6-3)28-18-12-13-19-29(28)38-31/h7-21H,4-6,22H2,1-3H3/q+1. The van der Waals surface area contributed by atoms with E-state index >= 15 is 0 Å². The molecule has 0 unspecified atom stereocenters. The van der Waals surface area contributed by atoms with Crippen LogP contribution in [0.4, 0.5) is 11.4 Å². The number of carbonyl (C=O) groups excluding carboxylic acids is 1. The first-order valence-corrected chi connectivity index (χ1v) is 14.6. The number of Topliss-reactive ketones (excluding diaryl/α,β-unsaturated/α-hetero) is 1. The van der Waals surface area contributed by atoms with E-state index in [4.69, 9.17) is 4.42 Å². The Hall–Kier alpha value is -4.03. The molecule has 3 aromatic carbocycles. The molecule has 0 saturated heterocycles. The van der Waals surface area contributed by atoms with Gasteiger partial charge in [-0.05, 0) is 50.6 Å². The van der Waals surface area contributed by atoms with Crippen molar-refractivity contribution in [1.82, 2.24) is 0 Å². The normalized spacial score (nSPS) is 15.9.